The molecule has 1 atom stereocenters. The lowest BCUT2D eigenvalue weighted by atomic mass is 10.2. The van der Waals surface area contributed by atoms with Crippen LogP contribution in [-0.4, -0.2) is 27.0 Å². The van der Waals surface area contributed by atoms with E-state index in [1.165, 1.54) is 0 Å². The second-order valence-corrected chi connectivity index (χ2v) is 2.07. The molecule has 0 saturated heterocycles. The van der Waals surface area contributed by atoms with Crippen molar-refractivity contribution in [2.75, 3.05) is 0 Å². The predicted molar refractivity (Wildman–Crippen MR) is 37.8 cm³/mol. The highest BCUT2D eigenvalue weighted by Crippen LogP contribution is 2.07. The van der Waals surface area contributed by atoms with Crippen molar-refractivity contribution in [3.8, 4) is 0 Å². The number of rotatable bonds is 3. The van der Waals surface area contributed by atoms with Crippen molar-refractivity contribution in [2.45, 2.75) is 19.1 Å². The molecule has 0 aliphatic carbocycles. The van der Waals surface area contributed by atoms with Crippen molar-refractivity contribution in [3.05, 3.63) is 11.8 Å². The van der Waals surface area contributed by atoms with Crippen LogP contribution in [0.4, 0.5) is 0 Å². The smallest absolute Gasteiger partial charge is 0.359 e. The quantitative estimate of drug-likeness (QED) is 0.332. The Kier molecular flexibility index (Phi) is 3.03. The molecule has 5 heteroatoms. The molecule has 0 rings (SSSR count). The first kappa shape index (κ1) is 9.93. The molecule has 0 aliphatic heterocycles. The summed E-state index contributed by atoms with van der Waals surface area (Å²) in [5.74, 6) is -2.42. The van der Waals surface area contributed by atoms with Crippen LogP contribution >= 0.6 is 0 Å². The topological polar surface area (TPSA) is 104 Å². The van der Waals surface area contributed by atoms with Gasteiger partial charge in [-0.15, -0.1) is 0 Å². The molecule has 0 fully saturated rings. The summed E-state index contributed by atoms with van der Waals surface area (Å²) in [6.07, 6.45) is 1.53. The fourth-order valence-electron chi connectivity index (χ4n) is 0.459. The number of nitrogens with two attached hydrogens (primary N) is 1. The molecule has 0 spiro atoms. The molecule has 0 aliphatic rings. The number of carboxylic acids is 1. The van der Waals surface area contributed by atoms with Crippen molar-refractivity contribution in [3.63, 3.8) is 0 Å². The Bertz CT molecular complexity index is 185. The third-order valence-electron chi connectivity index (χ3n) is 1.11. The van der Waals surface area contributed by atoms with Crippen LogP contribution in [-0.2, 0) is 4.79 Å². The Labute approximate surface area is 63.8 Å². The lowest BCUT2D eigenvalue weighted by Crippen LogP contribution is -2.49. The Hall–Kier alpha value is -1.07. The largest absolute Gasteiger partial charge is 0.507 e. The van der Waals surface area contributed by atoms with E-state index in [0.717, 1.165) is 6.08 Å². The lowest BCUT2D eigenvalue weighted by molar-refractivity contribution is -0.156. The third-order valence-corrected chi connectivity index (χ3v) is 1.11. The van der Waals surface area contributed by atoms with Gasteiger partial charge >= 0.3 is 5.97 Å². The zero-order chi connectivity index (χ0) is 9.07. The minimum absolute atomic E-state index is 0.401. The van der Waals surface area contributed by atoms with Gasteiger partial charge in [0.05, 0.1) is 0 Å². The molecule has 5 N–H and O–H groups in total. The number of hydrogen-bond acceptors (Lipinski definition) is 4. The van der Waals surface area contributed by atoms with E-state index in [0.29, 0.717) is 6.42 Å². The number of carboxylic acid groups (broad SMARTS) is 1. The number of carbonyl (C=O) groups is 1. The summed E-state index contributed by atoms with van der Waals surface area (Å²) in [6, 6.07) is 0. The summed E-state index contributed by atoms with van der Waals surface area (Å²) in [5, 5.41) is 26.0. The fraction of sp³-hybridized carbons (Fsp3) is 0.500. The van der Waals surface area contributed by atoms with Gasteiger partial charge in [-0.2, -0.15) is 0 Å². The number of hydrogen-bond donors (Lipinski definition) is 4. The zero-order valence-corrected chi connectivity index (χ0v) is 6.11. The van der Waals surface area contributed by atoms with Gasteiger partial charge in [-0.05, 0) is 12.5 Å². The van der Waals surface area contributed by atoms with E-state index in [4.69, 9.17) is 21.1 Å². The van der Waals surface area contributed by atoms with Gasteiger partial charge in [0.2, 0.25) is 0 Å². The summed E-state index contributed by atoms with van der Waals surface area (Å²) in [4.78, 5) is 10.2. The molecule has 0 bridgehead atoms. The van der Waals surface area contributed by atoms with Crippen LogP contribution in [0.25, 0.3) is 0 Å². The van der Waals surface area contributed by atoms with Crippen molar-refractivity contribution >= 4 is 5.97 Å². The molecule has 0 saturated carbocycles. The highest BCUT2D eigenvalue weighted by Gasteiger charge is 2.35. The summed E-state index contributed by atoms with van der Waals surface area (Å²) in [7, 11) is 0. The van der Waals surface area contributed by atoms with Gasteiger partial charge in [0.15, 0.2) is 0 Å². The minimum atomic E-state index is -2.66. The lowest BCUT2D eigenvalue weighted by Gasteiger charge is -2.16. The maximum Gasteiger partial charge on any atom is 0.359 e. The molecule has 0 heterocycles. The van der Waals surface area contributed by atoms with E-state index in [9.17, 15) is 4.79 Å². The first-order valence-corrected chi connectivity index (χ1v) is 3.07. The number of aliphatic hydroxyl groups excluding tert-OH is 1. The van der Waals surface area contributed by atoms with Gasteiger partial charge in [0.1, 0.15) is 5.76 Å². The molecule has 0 amide bonds. The van der Waals surface area contributed by atoms with Crippen LogP contribution in [0.1, 0.15) is 13.3 Å². The van der Waals surface area contributed by atoms with Crippen molar-refractivity contribution in [1.29, 1.82) is 0 Å². The van der Waals surface area contributed by atoms with Crippen molar-refractivity contribution in [1.82, 2.24) is 0 Å². The van der Waals surface area contributed by atoms with Gasteiger partial charge < -0.3 is 15.3 Å². The number of aliphatic carboxylic acids is 1. The molecule has 64 valence electrons. The van der Waals surface area contributed by atoms with Gasteiger partial charge in [-0.1, -0.05) is 6.92 Å². The average molecular weight is 161 g/mol. The van der Waals surface area contributed by atoms with Gasteiger partial charge in [0.25, 0.3) is 5.72 Å². The van der Waals surface area contributed by atoms with E-state index in [1.807, 2.05) is 0 Å². The maximum absolute atomic E-state index is 10.2. The summed E-state index contributed by atoms with van der Waals surface area (Å²) in [5.41, 5.74) is 2.17. The van der Waals surface area contributed by atoms with Gasteiger partial charge in [-0.25, -0.2) is 4.79 Å². The summed E-state index contributed by atoms with van der Waals surface area (Å²) in [6.45, 7) is 1.67. The Balaban J connectivity index is 4.55. The molecule has 0 radical (unpaired) electrons. The third kappa shape index (κ3) is 2.21. The number of allylic oxidation sites excluding steroid dienone is 1. The molecule has 11 heavy (non-hydrogen) atoms. The van der Waals surface area contributed by atoms with Crippen LogP contribution in [0, 0.1) is 0 Å². The van der Waals surface area contributed by atoms with Gasteiger partial charge in [-0.3, -0.25) is 5.73 Å². The van der Waals surface area contributed by atoms with Gasteiger partial charge in [0, 0.05) is 0 Å². The Morgan fingerprint density at radius 2 is 2.09 bits per heavy atom. The predicted octanol–water partition coefficient (Wildman–Crippen LogP) is -0.430. The van der Waals surface area contributed by atoms with Crippen molar-refractivity contribution < 1.29 is 20.1 Å². The molecule has 0 aromatic heterocycles. The molecule has 1 unspecified atom stereocenters. The maximum atomic E-state index is 10.2. The van der Waals surface area contributed by atoms with Crippen LogP contribution in [0.3, 0.4) is 0 Å². The van der Waals surface area contributed by atoms with Crippen LogP contribution in [0.5, 0.6) is 0 Å². The molecular formula is C6H11NO4. The Morgan fingerprint density at radius 1 is 1.64 bits per heavy atom. The van der Waals surface area contributed by atoms with Crippen LogP contribution in [0.15, 0.2) is 11.8 Å². The molecule has 0 aromatic carbocycles. The minimum Gasteiger partial charge on any atom is -0.507 e. The van der Waals surface area contributed by atoms with Crippen molar-refractivity contribution in [2.24, 2.45) is 5.73 Å². The second-order valence-electron chi connectivity index (χ2n) is 2.07. The molecule has 0 aromatic rings. The van der Waals surface area contributed by atoms with Crippen LogP contribution in [0.2, 0.25) is 0 Å². The van der Waals surface area contributed by atoms with E-state index in [1.54, 1.807) is 6.92 Å². The summed E-state index contributed by atoms with van der Waals surface area (Å²) >= 11 is 0. The zero-order valence-electron chi connectivity index (χ0n) is 6.11. The van der Waals surface area contributed by atoms with E-state index >= 15 is 0 Å². The summed E-state index contributed by atoms with van der Waals surface area (Å²) < 4.78 is 0. The SMILES string of the molecule is CC/C=C(\O)C(N)(O)C(=O)O. The van der Waals surface area contributed by atoms with E-state index in [2.05, 4.69) is 0 Å². The second kappa shape index (κ2) is 3.36. The highest BCUT2D eigenvalue weighted by atomic mass is 16.4. The average Bonchev–Trinajstić information content (AvgIpc) is 1.88. The fourth-order valence-corrected chi connectivity index (χ4v) is 0.459. The first-order valence-electron chi connectivity index (χ1n) is 3.07. The molecular weight excluding hydrogens is 150 g/mol. The number of aliphatic hydroxyl groups is 2. The first-order chi connectivity index (χ1) is 4.92. The normalized spacial score (nSPS) is 17.5. The van der Waals surface area contributed by atoms with E-state index in [-0.39, 0.29) is 0 Å². The standard InChI is InChI=1S/C6H11NO4/c1-2-3-4(8)6(7,11)5(9)10/h3,8,11H,2,7H2,1H3,(H,9,10)/b4-3-. The molecule has 5 nitrogen and oxygen atoms in total. The monoisotopic (exact) mass is 161 g/mol. The van der Waals surface area contributed by atoms with Crippen LogP contribution < -0.4 is 5.73 Å². The Morgan fingerprint density at radius 3 is 2.36 bits per heavy atom. The van der Waals surface area contributed by atoms with E-state index < -0.39 is 17.5 Å². The highest BCUT2D eigenvalue weighted by molar-refractivity contribution is 5.79.